The van der Waals surface area contributed by atoms with E-state index >= 15 is 0 Å². The average molecular weight is 243 g/mol. The number of halogens is 1. The molecule has 0 rings (SSSR count). The van der Waals surface area contributed by atoms with E-state index in [9.17, 15) is 9.59 Å². The lowest BCUT2D eigenvalue weighted by molar-refractivity contribution is -0.122. The van der Waals surface area contributed by atoms with Gasteiger partial charge in [-0.15, -0.1) is 0 Å². The lowest BCUT2D eigenvalue weighted by atomic mass is 9.98. The van der Waals surface area contributed by atoms with Gasteiger partial charge >= 0.3 is 0 Å². The maximum Gasteiger partial charge on any atom is 0.224 e. The molecule has 0 aliphatic carbocycles. The van der Waals surface area contributed by atoms with Crippen molar-refractivity contribution in [2.24, 2.45) is 17.8 Å². The molecule has 0 aliphatic heterocycles. The fraction of sp³-hybridized carbons (Fsp3) is 0.636. The normalized spacial score (nSPS) is 9.12. The zero-order valence-corrected chi connectivity index (χ0v) is 10.6. The number of carbonyl (C=O) groups is 2. The second kappa shape index (κ2) is 8.88. The van der Waals surface area contributed by atoms with Crippen LogP contribution in [0, 0.1) is 40.4 Å². The minimum atomic E-state index is -1.08. The molecule has 0 spiro atoms. The van der Waals surface area contributed by atoms with Crippen LogP contribution in [0.5, 0.6) is 0 Å². The molecule has 0 saturated heterocycles. The zero-order valence-electron chi connectivity index (χ0n) is 9.82. The molecule has 0 bridgehead atoms. The van der Waals surface area contributed by atoms with Crippen LogP contribution in [0.25, 0.3) is 0 Å². The van der Waals surface area contributed by atoms with Gasteiger partial charge in [0.1, 0.15) is 0 Å². The molecule has 5 heteroatoms. The average Bonchev–Trinajstić information content (AvgIpc) is 2.20. The van der Waals surface area contributed by atoms with Crippen LogP contribution < -0.4 is 0 Å². The quantitative estimate of drug-likeness (QED) is 0.711. The second-order valence-electron chi connectivity index (χ2n) is 3.71. The number of ketones is 1. The number of Topliss-reactive ketones (excluding diaryl/α,β-unsaturated/α-hetero) is 1. The summed E-state index contributed by atoms with van der Waals surface area (Å²) in [5.41, 5.74) is 0. The molecule has 16 heavy (non-hydrogen) atoms. The van der Waals surface area contributed by atoms with Crippen molar-refractivity contribution in [3.05, 3.63) is 0 Å². The second-order valence-corrected chi connectivity index (χ2v) is 4.08. The van der Waals surface area contributed by atoms with Crippen LogP contribution in [0.2, 0.25) is 0 Å². The van der Waals surface area contributed by atoms with Gasteiger partial charge in [-0.3, -0.25) is 9.59 Å². The van der Waals surface area contributed by atoms with Crippen molar-refractivity contribution >= 4 is 22.6 Å². The number of nitrogens with zero attached hydrogens (tertiary/aromatic N) is 2. The third-order valence-electron chi connectivity index (χ3n) is 1.57. The summed E-state index contributed by atoms with van der Waals surface area (Å²) in [5, 5.41) is 16.2. The first kappa shape index (κ1) is 17.0. The molecule has 88 valence electrons. The predicted octanol–water partition coefficient (Wildman–Crippen LogP) is 2.28. The first-order valence-corrected chi connectivity index (χ1v) is 5.18. The molecular weight excluding hydrogens is 228 g/mol. The SMILES string of the molecule is CC(C)C(=O)C(C#N)C#N.CC(C)C(=O)Cl. The topological polar surface area (TPSA) is 81.7 Å². The zero-order chi connectivity index (χ0) is 13.3. The van der Waals surface area contributed by atoms with Crippen molar-refractivity contribution in [1.29, 1.82) is 10.5 Å². The molecule has 0 aromatic carbocycles. The summed E-state index contributed by atoms with van der Waals surface area (Å²) < 4.78 is 0. The van der Waals surface area contributed by atoms with Crippen molar-refractivity contribution in [2.45, 2.75) is 27.7 Å². The van der Waals surface area contributed by atoms with Gasteiger partial charge in [-0.1, -0.05) is 27.7 Å². The Labute approximate surface area is 101 Å². The van der Waals surface area contributed by atoms with Crippen LogP contribution >= 0.6 is 11.6 Å². The van der Waals surface area contributed by atoms with Crippen molar-refractivity contribution in [1.82, 2.24) is 0 Å². The predicted molar refractivity (Wildman–Crippen MR) is 60.3 cm³/mol. The summed E-state index contributed by atoms with van der Waals surface area (Å²) in [6, 6.07) is 3.24. The first-order chi connectivity index (χ1) is 7.27. The molecule has 0 heterocycles. The van der Waals surface area contributed by atoms with Gasteiger partial charge in [0.25, 0.3) is 0 Å². The van der Waals surface area contributed by atoms with Crippen LogP contribution in [-0.2, 0) is 9.59 Å². The Morgan fingerprint density at radius 2 is 1.31 bits per heavy atom. The highest BCUT2D eigenvalue weighted by Gasteiger charge is 2.19. The van der Waals surface area contributed by atoms with Crippen molar-refractivity contribution in [2.75, 3.05) is 0 Å². The van der Waals surface area contributed by atoms with Gasteiger partial charge in [-0.05, 0) is 11.6 Å². The van der Waals surface area contributed by atoms with E-state index in [1.165, 1.54) is 0 Å². The van der Waals surface area contributed by atoms with Crippen molar-refractivity contribution in [3.8, 4) is 12.1 Å². The lowest BCUT2D eigenvalue weighted by Gasteiger charge is -2.00. The highest BCUT2D eigenvalue weighted by atomic mass is 35.5. The third kappa shape index (κ3) is 7.96. The fourth-order valence-corrected chi connectivity index (χ4v) is 0.489. The number of hydrogen-bond donors (Lipinski definition) is 0. The van der Waals surface area contributed by atoms with E-state index in [1.54, 1.807) is 39.8 Å². The van der Waals surface area contributed by atoms with Gasteiger partial charge in [0.15, 0.2) is 11.7 Å². The molecule has 0 aromatic heterocycles. The van der Waals surface area contributed by atoms with Gasteiger partial charge in [-0.25, -0.2) is 0 Å². The maximum atomic E-state index is 10.9. The number of carbonyl (C=O) groups excluding carboxylic acids is 2. The van der Waals surface area contributed by atoms with E-state index in [-0.39, 0.29) is 22.9 Å². The molecule has 0 aliphatic rings. The van der Waals surface area contributed by atoms with E-state index in [4.69, 9.17) is 22.1 Å². The summed E-state index contributed by atoms with van der Waals surface area (Å²) in [7, 11) is 0. The standard InChI is InChI=1S/C7H8N2O.C4H7ClO/c1-5(2)7(10)6(3-8)4-9;1-3(2)4(5)6/h5-6H,1-2H3;3H,1-2H3. The monoisotopic (exact) mass is 242 g/mol. The smallest absolute Gasteiger partial charge is 0.224 e. The Balaban J connectivity index is 0. The van der Waals surface area contributed by atoms with Gasteiger partial charge < -0.3 is 0 Å². The van der Waals surface area contributed by atoms with E-state index in [1.807, 2.05) is 0 Å². The van der Waals surface area contributed by atoms with E-state index in [0.717, 1.165) is 0 Å². The first-order valence-electron chi connectivity index (χ1n) is 4.80. The third-order valence-corrected chi connectivity index (χ3v) is 2.00. The van der Waals surface area contributed by atoms with Crippen LogP contribution in [-0.4, -0.2) is 11.0 Å². The summed E-state index contributed by atoms with van der Waals surface area (Å²) in [5.74, 6) is -1.64. The van der Waals surface area contributed by atoms with Gasteiger partial charge in [0, 0.05) is 11.8 Å². The Bertz CT molecular complexity index is 310. The maximum absolute atomic E-state index is 10.9. The van der Waals surface area contributed by atoms with Crippen LogP contribution in [0.15, 0.2) is 0 Å². The Morgan fingerprint density at radius 1 is 1.00 bits per heavy atom. The highest BCUT2D eigenvalue weighted by molar-refractivity contribution is 6.63. The molecule has 0 atom stereocenters. The van der Waals surface area contributed by atoms with Crippen molar-refractivity contribution in [3.63, 3.8) is 0 Å². The fourth-order valence-electron chi connectivity index (χ4n) is 0.489. The van der Waals surface area contributed by atoms with E-state index in [0.29, 0.717) is 0 Å². The number of nitriles is 2. The molecule has 0 N–H and O–H groups in total. The Hall–Kier alpha value is -1.39. The summed E-state index contributed by atoms with van der Waals surface area (Å²) in [4.78, 5) is 20.8. The molecule has 0 fully saturated rings. The summed E-state index contributed by atoms with van der Waals surface area (Å²) in [6.45, 7) is 6.86. The van der Waals surface area contributed by atoms with Gasteiger partial charge in [0.05, 0.1) is 12.1 Å². The molecule has 0 unspecified atom stereocenters. The van der Waals surface area contributed by atoms with E-state index < -0.39 is 5.92 Å². The Morgan fingerprint density at radius 3 is 1.38 bits per heavy atom. The summed E-state index contributed by atoms with van der Waals surface area (Å²) >= 11 is 4.97. The number of hydrogen-bond acceptors (Lipinski definition) is 4. The minimum Gasteiger partial charge on any atom is -0.297 e. The van der Waals surface area contributed by atoms with Gasteiger partial charge in [0.2, 0.25) is 5.24 Å². The molecule has 0 saturated carbocycles. The van der Waals surface area contributed by atoms with Gasteiger partial charge in [-0.2, -0.15) is 10.5 Å². The Kier molecular flexibility index (Phi) is 9.45. The van der Waals surface area contributed by atoms with Crippen LogP contribution in [0.4, 0.5) is 0 Å². The minimum absolute atomic E-state index is 0.0216. The van der Waals surface area contributed by atoms with Crippen LogP contribution in [0.1, 0.15) is 27.7 Å². The lowest BCUT2D eigenvalue weighted by Crippen LogP contribution is -2.16. The largest absolute Gasteiger partial charge is 0.297 e. The van der Waals surface area contributed by atoms with Crippen LogP contribution in [0.3, 0.4) is 0 Å². The molecule has 4 nitrogen and oxygen atoms in total. The molecule has 0 amide bonds. The molecular formula is C11H15ClN2O2. The summed E-state index contributed by atoms with van der Waals surface area (Å²) in [6.07, 6.45) is 0. The molecule has 0 aromatic rings. The van der Waals surface area contributed by atoms with Crippen molar-refractivity contribution < 1.29 is 9.59 Å². The highest BCUT2D eigenvalue weighted by Crippen LogP contribution is 2.03. The molecule has 0 radical (unpaired) electrons. The number of rotatable bonds is 3. The van der Waals surface area contributed by atoms with E-state index in [2.05, 4.69) is 0 Å².